The summed E-state index contributed by atoms with van der Waals surface area (Å²) in [6.07, 6.45) is 1.42. The number of ether oxygens (including phenoxy) is 2. The zero-order valence-corrected chi connectivity index (χ0v) is 16.7. The average molecular weight is 429 g/mol. The predicted octanol–water partition coefficient (Wildman–Crippen LogP) is 3.71. The summed E-state index contributed by atoms with van der Waals surface area (Å²) in [6, 6.07) is 11.2. The molecule has 0 spiro atoms. The largest absolute Gasteiger partial charge is 0.484 e. The van der Waals surface area contributed by atoms with E-state index in [9.17, 15) is 13.6 Å². The Hall–Kier alpha value is -3.49. The smallest absolute Gasteiger partial charge is 0.264 e. The summed E-state index contributed by atoms with van der Waals surface area (Å²) in [6.45, 7) is 1.12. The number of hydrogen-bond donors (Lipinski definition) is 0. The summed E-state index contributed by atoms with van der Waals surface area (Å²) in [7, 11) is 0. The molecule has 1 saturated heterocycles. The number of hydrogen-bond acceptors (Lipinski definition) is 6. The Bertz CT molecular complexity index is 1000. The van der Waals surface area contributed by atoms with Crippen molar-refractivity contribution in [3.05, 3.63) is 71.9 Å². The lowest BCUT2D eigenvalue weighted by Crippen LogP contribution is -2.40. The molecule has 0 N–H and O–H groups in total. The number of amides is 1. The van der Waals surface area contributed by atoms with E-state index in [0.29, 0.717) is 49.1 Å². The van der Waals surface area contributed by atoms with Crippen LogP contribution in [-0.2, 0) is 11.4 Å². The second kappa shape index (κ2) is 9.55. The molecule has 0 bridgehead atoms. The molecule has 162 valence electrons. The van der Waals surface area contributed by atoms with Gasteiger partial charge in [0.1, 0.15) is 23.1 Å². The standard InChI is InChI=1S/C22H21F2N3O4/c23-16-1-5-18(6-2-16)29-13-20-25-22(26-31-20)15-9-11-27(12-10-15)21(28)14-30-19-7-3-17(24)4-8-19/h1-8,15H,9-14H2. The zero-order valence-electron chi connectivity index (χ0n) is 16.7. The van der Waals surface area contributed by atoms with Gasteiger partial charge in [-0.25, -0.2) is 8.78 Å². The minimum Gasteiger partial charge on any atom is -0.484 e. The summed E-state index contributed by atoms with van der Waals surface area (Å²) < 4.78 is 42.0. The maximum Gasteiger partial charge on any atom is 0.264 e. The Kier molecular flexibility index (Phi) is 6.40. The van der Waals surface area contributed by atoms with Gasteiger partial charge in [-0.15, -0.1) is 0 Å². The van der Waals surface area contributed by atoms with E-state index in [1.54, 1.807) is 4.90 Å². The molecule has 2 aromatic carbocycles. The average Bonchev–Trinajstić information content (AvgIpc) is 3.27. The molecule has 0 unspecified atom stereocenters. The summed E-state index contributed by atoms with van der Waals surface area (Å²) in [5, 5.41) is 4.03. The molecule has 1 fully saturated rings. The molecule has 1 aliphatic heterocycles. The van der Waals surface area contributed by atoms with Crippen LogP contribution in [0.25, 0.3) is 0 Å². The number of carbonyl (C=O) groups excluding carboxylic acids is 1. The van der Waals surface area contributed by atoms with Gasteiger partial charge in [0.05, 0.1) is 0 Å². The Balaban J connectivity index is 1.22. The fraction of sp³-hybridized carbons (Fsp3) is 0.318. The van der Waals surface area contributed by atoms with Crippen LogP contribution in [0, 0.1) is 11.6 Å². The fourth-order valence-corrected chi connectivity index (χ4v) is 3.32. The van der Waals surface area contributed by atoms with Crippen molar-refractivity contribution in [1.82, 2.24) is 15.0 Å². The van der Waals surface area contributed by atoms with Gasteiger partial charge in [-0.05, 0) is 61.4 Å². The summed E-state index contributed by atoms with van der Waals surface area (Å²) in [4.78, 5) is 18.5. The van der Waals surface area contributed by atoms with Crippen molar-refractivity contribution in [3.8, 4) is 11.5 Å². The molecule has 0 atom stereocenters. The van der Waals surface area contributed by atoms with E-state index in [-0.39, 0.29) is 36.7 Å². The van der Waals surface area contributed by atoms with Crippen LogP contribution in [0.4, 0.5) is 8.78 Å². The van der Waals surface area contributed by atoms with Crippen LogP contribution in [0.5, 0.6) is 11.5 Å². The van der Waals surface area contributed by atoms with Crippen LogP contribution < -0.4 is 9.47 Å². The molecule has 4 rings (SSSR count). The van der Waals surface area contributed by atoms with Crippen LogP contribution in [0.2, 0.25) is 0 Å². The maximum absolute atomic E-state index is 12.9. The number of likely N-dealkylation sites (tertiary alicyclic amines) is 1. The van der Waals surface area contributed by atoms with Crippen molar-refractivity contribution in [1.29, 1.82) is 0 Å². The molecule has 1 amide bonds. The van der Waals surface area contributed by atoms with Crippen LogP contribution in [0.15, 0.2) is 53.1 Å². The van der Waals surface area contributed by atoms with Gasteiger partial charge in [0, 0.05) is 19.0 Å². The lowest BCUT2D eigenvalue weighted by molar-refractivity contribution is -0.134. The molecule has 0 saturated carbocycles. The second-order valence-corrected chi connectivity index (χ2v) is 7.19. The fourth-order valence-electron chi connectivity index (χ4n) is 3.32. The topological polar surface area (TPSA) is 77.7 Å². The van der Waals surface area contributed by atoms with E-state index in [1.165, 1.54) is 48.5 Å². The Morgan fingerprint density at radius 1 is 0.968 bits per heavy atom. The number of nitrogens with zero attached hydrogens (tertiary/aromatic N) is 3. The van der Waals surface area contributed by atoms with E-state index in [4.69, 9.17) is 14.0 Å². The maximum atomic E-state index is 12.9. The van der Waals surface area contributed by atoms with Crippen LogP contribution in [0.3, 0.4) is 0 Å². The number of piperidine rings is 1. The first-order valence-electron chi connectivity index (χ1n) is 9.94. The van der Waals surface area contributed by atoms with Gasteiger partial charge in [0.25, 0.3) is 11.8 Å². The summed E-state index contributed by atoms with van der Waals surface area (Å²) in [5.41, 5.74) is 0. The first-order valence-corrected chi connectivity index (χ1v) is 9.94. The normalized spacial score (nSPS) is 14.5. The third-order valence-electron chi connectivity index (χ3n) is 5.05. The zero-order chi connectivity index (χ0) is 21.6. The minimum atomic E-state index is -0.354. The highest BCUT2D eigenvalue weighted by atomic mass is 19.1. The summed E-state index contributed by atoms with van der Waals surface area (Å²) in [5.74, 6) is 1.17. The number of halogens is 2. The van der Waals surface area contributed by atoms with E-state index < -0.39 is 0 Å². The lowest BCUT2D eigenvalue weighted by Gasteiger charge is -2.30. The molecule has 31 heavy (non-hydrogen) atoms. The van der Waals surface area contributed by atoms with Gasteiger partial charge in [0.2, 0.25) is 0 Å². The van der Waals surface area contributed by atoms with Gasteiger partial charge >= 0.3 is 0 Å². The predicted molar refractivity (Wildman–Crippen MR) is 105 cm³/mol. The van der Waals surface area contributed by atoms with Crippen molar-refractivity contribution in [2.75, 3.05) is 19.7 Å². The molecule has 9 heteroatoms. The van der Waals surface area contributed by atoms with Crippen molar-refractivity contribution in [3.63, 3.8) is 0 Å². The van der Waals surface area contributed by atoms with Gasteiger partial charge in [-0.2, -0.15) is 4.98 Å². The van der Waals surface area contributed by atoms with Crippen molar-refractivity contribution in [2.24, 2.45) is 0 Å². The first kappa shape index (κ1) is 20.8. The Morgan fingerprint density at radius 3 is 2.16 bits per heavy atom. The third-order valence-corrected chi connectivity index (χ3v) is 5.05. The van der Waals surface area contributed by atoms with Gasteiger partial charge in [-0.1, -0.05) is 5.16 Å². The third kappa shape index (κ3) is 5.56. The Labute approximate surface area is 177 Å². The van der Waals surface area contributed by atoms with Crippen molar-refractivity contribution >= 4 is 5.91 Å². The van der Waals surface area contributed by atoms with Crippen LogP contribution in [0.1, 0.15) is 30.5 Å². The Morgan fingerprint density at radius 2 is 1.55 bits per heavy atom. The number of rotatable bonds is 7. The number of benzene rings is 2. The highest BCUT2D eigenvalue weighted by Gasteiger charge is 2.27. The van der Waals surface area contributed by atoms with Crippen LogP contribution >= 0.6 is 0 Å². The van der Waals surface area contributed by atoms with Gasteiger partial charge in [0.15, 0.2) is 19.0 Å². The summed E-state index contributed by atoms with van der Waals surface area (Å²) >= 11 is 0. The minimum absolute atomic E-state index is 0.0883. The molecule has 1 aromatic heterocycles. The van der Waals surface area contributed by atoms with E-state index in [2.05, 4.69) is 10.1 Å². The molecule has 3 aromatic rings. The SMILES string of the molecule is O=C(COc1ccc(F)cc1)N1CCC(c2noc(COc3ccc(F)cc3)n2)CC1. The molecule has 2 heterocycles. The first-order chi connectivity index (χ1) is 15.1. The number of carbonyl (C=O) groups is 1. The monoisotopic (exact) mass is 429 g/mol. The molecule has 1 aliphatic rings. The quantitative estimate of drug-likeness (QED) is 0.570. The number of aromatic nitrogens is 2. The van der Waals surface area contributed by atoms with Crippen LogP contribution in [-0.4, -0.2) is 40.6 Å². The van der Waals surface area contributed by atoms with Crippen molar-refractivity contribution in [2.45, 2.75) is 25.4 Å². The van der Waals surface area contributed by atoms with E-state index in [1.807, 2.05) is 0 Å². The van der Waals surface area contributed by atoms with Crippen molar-refractivity contribution < 1.29 is 27.6 Å². The lowest BCUT2D eigenvalue weighted by atomic mass is 9.96. The molecular formula is C22H21F2N3O4. The molecule has 0 radical (unpaired) electrons. The van der Waals surface area contributed by atoms with E-state index in [0.717, 1.165) is 0 Å². The van der Waals surface area contributed by atoms with E-state index >= 15 is 0 Å². The van der Waals surface area contributed by atoms with Gasteiger partial charge < -0.3 is 18.9 Å². The molecule has 0 aliphatic carbocycles. The second-order valence-electron chi connectivity index (χ2n) is 7.19. The molecular weight excluding hydrogens is 408 g/mol. The highest BCUT2D eigenvalue weighted by molar-refractivity contribution is 5.77. The van der Waals surface area contributed by atoms with Gasteiger partial charge in [-0.3, -0.25) is 4.79 Å². The molecule has 7 nitrogen and oxygen atoms in total. The highest BCUT2D eigenvalue weighted by Crippen LogP contribution is 2.26.